The van der Waals surface area contributed by atoms with Gasteiger partial charge in [0.05, 0.1) is 22.7 Å². The third kappa shape index (κ3) is 4.76. The summed E-state index contributed by atoms with van der Waals surface area (Å²) in [5.41, 5.74) is 2.49. The number of azo groups is 1. The first-order valence-corrected chi connectivity index (χ1v) is 10.0. The van der Waals surface area contributed by atoms with E-state index in [2.05, 4.69) is 10.2 Å². The lowest BCUT2D eigenvalue weighted by molar-refractivity contribution is 0.248. The molecule has 0 aliphatic carbocycles. The Morgan fingerprint density at radius 1 is 0.406 bits per heavy atom. The van der Waals surface area contributed by atoms with Crippen LogP contribution in [0.15, 0.2) is 132 Å². The van der Waals surface area contributed by atoms with Crippen LogP contribution in [0.3, 0.4) is 0 Å². The van der Waals surface area contributed by atoms with Crippen molar-refractivity contribution in [3.8, 4) is 0 Å². The van der Waals surface area contributed by atoms with Crippen molar-refractivity contribution in [2.45, 2.75) is 0 Å². The first-order valence-electron chi connectivity index (χ1n) is 10.0. The maximum atomic E-state index is 13.0. The Kier molecular flexibility index (Phi) is 6.43. The number of hydrogen-bond acceptors (Lipinski definition) is 2. The van der Waals surface area contributed by atoms with Gasteiger partial charge in [0.25, 0.3) is 0 Å². The largest absolute Gasteiger partial charge is 0.371 e. The minimum atomic E-state index is -0.670. The maximum absolute atomic E-state index is 13.0. The molecule has 0 saturated carbocycles. The molecular formula is C26H20N4O2. The van der Waals surface area contributed by atoms with Gasteiger partial charge >= 0.3 is 12.1 Å². The van der Waals surface area contributed by atoms with Gasteiger partial charge in [-0.1, -0.05) is 83.0 Å². The second-order valence-corrected chi connectivity index (χ2v) is 6.78. The molecule has 0 unspecified atom stereocenters. The fourth-order valence-electron chi connectivity index (χ4n) is 3.22. The van der Waals surface area contributed by atoms with Crippen molar-refractivity contribution < 1.29 is 9.59 Å². The number of hydrogen-bond donors (Lipinski definition) is 0. The van der Waals surface area contributed by atoms with Crippen molar-refractivity contribution in [1.82, 2.24) is 0 Å². The molecule has 32 heavy (non-hydrogen) atoms. The maximum Gasteiger partial charge on any atom is 0.371 e. The molecule has 6 heteroatoms. The lowest BCUT2D eigenvalue weighted by Gasteiger charge is -2.21. The van der Waals surface area contributed by atoms with E-state index in [1.807, 2.05) is 72.8 Å². The molecule has 4 amide bonds. The van der Waals surface area contributed by atoms with E-state index in [0.717, 1.165) is 0 Å². The molecule has 0 radical (unpaired) electrons. The average Bonchev–Trinajstić information content (AvgIpc) is 2.86. The van der Waals surface area contributed by atoms with Gasteiger partial charge < -0.3 is 0 Å². The molecule has 0 fully saturated rings. The standard InChI is InChI=1S/C26H20N4O2/c31-25(29(21-13-5-1-6-14-21)22-15-7-2-8-16-22)27-28-26(32)30(23-17-9-3-10-18-23)24-19-11-4-12-20-24/h1-20H. The molecule has 0 N–H and O–H groups in total. The minimum absolute atomic E-state index is 0.623. The summed E-state index contributed by atoms with van der Waals surface area (Å²) in [6.45, 7) is 0. The van der Waals surface area contributed by atoms with Crippen molar-refractivity contribution in [3.63, 3.8) is 0 Å². The fraction of sp³-hybridized carbons (Fsp3) is 0. The Balaban J connectivity index is 1.65. The molecule has 4 aromatic carbocycles. The van der Waals surface area contributed by atoms with Crippen LogP contribution in [0, 0.1) is 0 Å². The quantitative estimate of drug-likeness (QED) is 0.324. The number of carbonyl (C=O) groups is 2. The van der Waals surface area contributed by atoms with E-state index in [9.17, 15) is 9.59 Å². The summed E-state index contributed by atoms with van der Waals surface area (Å²) in [4.78, 5) is 28.9. The third-order valence-electron chi connectivity index (χ3n) is 4.66. The molecule has 4 rings (SSSR count). The van der Waals surface area contributed by atoms with Crippen molar-refractivity contribution >= 4 is 34.8 Å². The van der Waals surface area contributed by atoms with Crippen molar-refractivity contribution in [3.05, 3.63) is 121 Å². The second-order valence-electron chi connectivity index (χ2n) is 6.78. The van der Waals surface area contributed by atoms with Gasteiger partial charge in [-0.25, -0.2) is 9.59 Å². The van der Waals surface area contributed by atoms with Crippen LogP contribution in [0.1, 0.15) is 0 Å². The third-order valence-corrected chi connectivity index (χ3v) is 4.66. The lowest BCUT2D eigenvalue weighted by atomic mass is 10.2. The monoisotopic (exact) mass is 420 g/mol. The highest BCUT2D eigenvalue weighted by Gasteiger charge is 2.21. The second kappa shape index (κ2) is 9.95. The molecule has 0 aliphatic heterocycles. The van der Waals surface area contributed by atoms with Gasteiger partial charge in [-0.15, -0.1) is 0 Å². The van der Waals surface area contributed by atoms with Crippen LogP contribution in [0.2, 0.25) is 0 Å². The van der Waals surface area contributed by atoms with Crippen molar-refractivity contribution in [1.29, 1.82) is 0 Å². The van der Waals surface area contributed by atoms with Crippen LogP contribution in [-0.4, -0.2) is 12.1 Å². The molecular weight excluding hydrogens is 400 g/mol. The summed E-state index contributed by atoms with van der Waals surface area (Å²) < 4.78 is 0. The van der Waals surface area contributed by atoms with Crippen LogP contribution < -0.4 is 9.80 Å². The molecule has 4 aromatic rings. The van der Waals surface area contributed by atoms with E-state index in [-0.39, 0.29) is 0 Å². The number of nitrogens with zero attached hydrogens (tertiary/aromatic N) is 4. The zero-order valence-corrected chi connectivity index (χ0v) is 17.2. The molecule has 0 saturated heterocycles. The van der Waals surface area contributed by atoms with E-state index in [0.29, 0.717) is 22.7 Å². The van der Waals surface area contributed by atoms with Gasteiger partial charge in [-0.2, -0.15) is 0 Å². The Labute approximate surface area is 186 Å². The number of benzene rings is 4. The summed E-state index contributed by atoms with van der Waals surface area (Å²) in [6.07, 6.45) is 0. The SMILES string of the molecule is O=C(N=NC(=O)N(c1ccccc1)c1ccccc1)N(c1ccccc1)c1ccccc1. The summed E-state index contributed by atoms with van der Waals surface area (Å²) in [7, 11) is 0. The number of amides is 4. The Bertz CT molecular complexity index is 1020. The Morgan fingerprint density at radius 2 is 0.625 bits per heavy atom. The highest BCUT2D eigenvalue weighted by Crippen LogP contribution is 2.28. The zero-order valence-electron chi connectivity index (χ0n) is 17.2. The highest BCUT2D eigenvalue weighted by molar-refractivity contribution is 6.03. The minimum Gasteiger partial charge on any atom is -0.260 e. The number of anilines is 4. The van der Waals surface area contributed by atoms with E-state index >= 15 is 0 Å². The van der Waals surface area contributed by atoms with Crippen LogP contribution in [0.5, 0.6) is 0 Å². The lowest BCUT2D eigenvalue weighted by Crippen LogP contribution is -2.25. The molecule has 6 nitrogen and oxygen atoms in total. The highest BCUT2D eigenvalue weighted by atomic mass is 16.2. The normalized spacial score (nSPS) is 10.6. The van der Waals surface area contributed by atoms with E-state index in [4.69, 9.17) is 0 Å². The van der Waals surface area contributed by atoms with Gasteiger partial charge in [-0.05, 0) is 48.5 Å². The van der Waals surface area contributed by atoms with Crippen molar-refractivity contribution in [2.75, 3.05) is 9.80 Å². The first kappa shape index (κ1) is 20.7. The fourth-order valence-corrected chi connectivity index (χ4v) is 3.22. The van der Waals surface area contributed by atoms with Crippen molar-refractivity contribution in [2.24, 2.45) is 10.2 Å². The zero-order chi connectivity index (χ0) is 22.2. The smallest absolute Gasteiger partial charge is 0.260 e. The van der Waals surface area contributed by atoms with Gasteiger partial charge in [0.2, 0.25) is 0 Å². The van der Waals surface area contributed by atoms with Gasteiger partial charge in [0, 0.05) is 0 Å². The number of rotatable bonds is 4. The summed E-state index contributed by atoms with van der Waals surface area (Å²) in [6, 6.07) is 35.1. The molecule has 0 heterocycles. The van der Waals surface area contributed by atoms with Gasteiger partial charge in [0.15, 0.2) is 0 Å². The number of carbonyl (C=O) groups excluding carboxylic acids is 2. The summed E-state index contributed by atoms with van der Waals surface area (Å²) >= 11 is 0. The van der Waals surface area contributed by atoms with E-state index in [1.54, 1.807) is 48.5 Å². The van der Waals surface area contributed by atoms with E-state index < -0.39 is 12.1 Å². The first-order chi connectivity index (χ1) is 15.7. The summed E-state index contributed by atoms with van der Waals surface area (Å²) in [5, 5.41) is 7.54. The predicted molar refractivity (Wildman–Crippen MR) is 126 cm³/mol. The van der Waals surface area contributed by atoms with Crippen LogP contribution >= 0.6 is 0 Å². The molecule has 0 aliphatic rings. The average molecular weight is 420 g/mol. The predicted octanol–water partition coefficient (Wildman–Crippen LogP) is 7.36. The Hall–Kier alpha value is -4.58. The Morgan fingerprint density at radius 3 is 0.844 bits per heavy atom. The van der Waals surface area contributed by atoms with Crippen LogP contribution in [-0.2, 0) is 0 Å². The summed E-state index contributed by atoms with van der Waals surface area (Å²) in [5.74, 6) is 0. The molecule has 0 spiro atoms. The molecule has 0 aromatic heterocycles. The number of para-hydroxylation sites is 4. The van der Waals surface area contributed by atoms with E-state index in [1.165, 1.54) is 9.80 Å². The topological polar surface area (TPSA) is 65.3 Å². The van der Waals surface area contributed by atoms with Gasteiger partial charge in [0.1, 0.15) is 0 Å². The van der Waals surface area contributed by atoms with Gasteiger partial charge in [-0.3, -0.25) is 9.80 Å². The molecule has 0 bridgehead atoms. The molecule has 0 atom stereocenters. The molecule has 156 valence electrons. The van der Waals surface area contributed by atoms with Crippen LogP contribution in [0.4, 0.5) is 32.3 Å². The van der Waals surface area contributed by atoms with Crippen LogP contribution in [0.25, 0.3) is 0 Å². The number of urea groups is 2.